The summed E-state index contributed by atoms with van der Waals surface area (Å²) >= 11 is 0. The Labute approximate surface area is 177 Å². The number of anilines is 1. The molecule has 1 heterocycles. The van der Waals surface area contributed by atoms with E-state index >= 15 is 0 Å². The Hall–Kier alpha value is -3.87. The van der Waals surface area contributed by atoms with Crippen molar-refractivity contribution >= 4 is 22.8 Å². The number of rotatable bonds is 6. The standard InChI is InChI=1S/C24H18F3N3O/c25-24(26,27)21-9-12-23(28-15-21)30-29-14-17-6-10-22(11-7-17)31-16-18-5-8-19-3-1-2-4-20(19)13-18/h1-15H,16H2,(H,28,30)/b29-14-. The van der Waals surface area contributed by atoms with E-state index in [0.717, 1.165) is 29.1 Å². The molecule has 4 rings (SSSR count). The van der Waals surface area contributed by atoms with E-state index in [1.165, 1.54) is 16.8 Å². The highest BCUT2D eigenvalue weighted by atomic mass is 19.4. The highest BCUT2D eigenvalue weighted by Gasteiger charge is 2.30. The van der Waals surface area contributed by atoms with Gasteiger partial charge in [-0.3, -0.25) is 5.43 Å². The fraction of sp³-hybridized carbons (Fsp3) is 0.0833. The summed E-state index contributed by atoms with van der Waals surface area (Å²) in [5.41, 5.74) is 3.69. The molecule has 4 aromatic rings. The zero-order chi connectivity index (χ0) is 21.7. The second-order valence-electron chi connectivity index (χ2n) is 6.84. The lowest BCUT2D eigenvalue weighted by Crippen LogP contribution is -2.05. The molecule has 156 valence electrons. The fourth-order valence-electron chi connectivity index (χ4n) is 2.95. The Morgan fingerprint density at radius 3 is 2.39 bits per heavy atom. The summed E-state index contributed by atoms with van der Waals surface area (Å²) in [4.78, 5) is 3.70. The molecule has 0 amide bonds. The summed E-state index contributed by atoms with van der Waals surface area (Å²) in [6.07, 6.45) is -2.10. The summed E-state index contributed by atoms with van der Waals surface area (Å²) < 4.78 is 43.5. The predicted molar refractivity (Wildman–Crippen MR) is 115 cm³/mol. The van der Waals surface area contributed by atoms with Crippen molar-refractivity contribution in [1.29, 1.82) is 0 Å². The van der Waals surface area contributed by atoms with Crippen LogP contribution in [0.1, 0.15) is 16.7 Å². The van der Waals surface area contributed by atoms with Crippen molar-refractivity contribution in [3.63, 3.8) is 0 Å². The molecule has 7 heteroatoms. The van der Waals surface area contributed by atoms with Crippen LogP contribution in [0.3, 0.4) is 0 Å². The summed E-state index contributed by atoms with van der Waals surface area (Å²) in [6.45, 7) is 0.458. The lowest BCUT2D eigenvalue weighted by Gasteiger charge is -2.08. The molecule has 0 bridgehead atoms. The number of hydrogen-bond donors (Lipinski definition) is 1. The molecule has 0 atom stereocenters. The van der Waals surface area contributed by atoms with Crippen molar-refractivity contribution in [2.45, 2.75) is 12.8 Å². The van der Waals surface area contributed by atoms with Crippen LogP contribution in [0.2, 0.25) is 0 Å². The van der Waals surface area contributed by atoms with E-state index in [-0.39, 0.29) is 5.82 Å². The first-order valence-electron chi connectivity index (χ1n) is 9.50. The monoisotopic (exact) mass is 421 g/mol. The van der Waals surface area contributed by atoms with Crippen LogP contribution < -0.4 is 10.2 Å². The van der Waals surface area contributed by atoms with Crippen LogP contribution in [0, 0.1) is 0 Å². The van der Waals surface area contributed by atoms with Gasteiger partial charge in [0.1, 0.15) is 18.2 Å². The molecular formula is C24H18F3N3O. The van der Waals surface area contributed by atoms with Crippen LogP contribution in [-0.2, 0) is 12.8 Å². The van der Waals surface area contributed by atoms with Crippen LogP contribution in [0.5, 0.6) is 5.75 Å². The predicted octanol–water partition coefficient (Wildman–Crippen LogP) is 6.28. The number of aromatic nitrogens is 1. The van der Waals surface area contributed by atoms with Crippen LogP contribution >= 0.6 is 0 Å². The molecule has 0 saturated carbocycles. The molecule has 0 radical (unpaired) electrons. The van der Waals surface area contributed by atoms with Crippen molar-refractivity contribution < 1.29 is 17.9 Å². The summed E-state index contributed by atoms with van der Waals surface area (Å²) in [7, 11) is 0. The van der Waals surface area contributed by atoms with Gasteiger partial charge in [-0.1, -0.05) is 36.4 Å². The lowest BCUT2D eigenvalue weighted by molar-refractivity contribution is -0.137. The van der Waals surface area contributed by atoms with Crippen molar-refractivity contribution in [2.24, 2.45) is 5.10 Å². The summed E-state index contributed by atoms with van der Waals surface area (Å²) in [6, 6.07) is 23.9. The normalized spacial score (nSPS) is 11.7. The lowest BCUT2D eigenvalue weighted by atomic mass is 10.1. The van der Waals surface area contributed by atoms with Gasteiger partial charge in [0, 0.05) is 6.20 Å². The number of ether oxygens (including phenoxy) is 1. The van der Waals surface area contributed by atoms with E-state index in [1.807, 2.05) is 42.5 Å². The second kappa shape index (κ2) is 8.87. The molecule has 0 unspecified atom stereocenters. The van der Waals surface area contributed by atoms with Gasteiger partial charge >= 0.3 is 6.18 Å². The van der Waals surface area contributed by atoms with Crippen LogP contribution in [-0.4, -0.2) is 11.2 Å². The zero-order valence-electron chi connectivity index (χ0n) is 16.3. The van der Waals surface area contributed by atoms with Gasteiger partial charge in [-0.2, -0.15) is 18.3 Å². The quantitative estimate of drug-likeness (QED) is 0.294. The van der Waals surface area contributed by atoms with E-state index in [4.69, 9.17) is 4.74 Å². The Balaban J connectivity index is 1.31. The van der Waals surface area contributed by atoms with E-state index in [1.54, 1.807) is 6.21 Å². The molecule has 1 N–H and O–H groups in total. The molecular weight excluding hydrogens is 403 g/mol. The SMILES string of the molecule is FC(F)(F)c1ccc(N/N=C\c2ccc(OCc3ccc4ccccc4c3)cc2)nc1. The third-order valence-corrected chi connectivity index (χ3v) is 4.58. The fourth-order valence-corrected chi connectivity index (χ4v) is 2.95. The van der Waals surface area contributed by atoms with E-state index < -0.39 is 11.7 Å². The van der Waals surface area contributed by atoms with Gasteiger partial charge in [0.25, 0.3) is 0 Å². The summed E-state index contributed by atoms with van der Waals surface area (Å²) in [5, 5.41) is 6.36. The first-order chi connectivity index (χ1) is 15.0. The number of nitrogens with zero attached hydrogens (tertiary/aromatic N) is 2. The largest absolute Gasteiger partial charge is 0.489 e. The number of pyridine rings is 1. The Bertz CT molecular complexity index is 1190. The molecule has 0 aliphatic heterocycles. The zero-order valence-corrected chi connectivity index (χ0v) is 16.3. The van der Waals surface area contributed by atoms with E-state index in [2.05, 4.69) is 39.8 Å². The van der Waals surface area contributed by atoms with Crippen LogP contribution in [0.4, 0.5) is 19.0 Å². The average Bonchev–Trinajstić information content (AvgIpc) is 2.78. The highest BCUT2D eigenvalue weighted by molar-refractivity contribution is 5.83. The number of hydrazone groups is 1. The maximum absolute atomic E-state index is 12.5. The molecule has 31 heavy (non-hydrogen) atoms. The Morgan fingerprint density at radius 1 is 0.903 bits per heavy atom. The van der Waals surface area contributed by atoms with Gasteiger partial charge in [0.15, 0.2) is 0 Å². The summed E-state index contributed by atoms with van der Waals surface area (Å²) in [5.74, 6) is 0.947. The van der Waals surface area contributed by atoms with E-state index in [9.17, 15) is 13.2 Å². The first-order valence-corrected chi connectivity index (χ1v) is 9.50. The molecule has 1 aromatic heterocycles. The molecule has 0 saturated heterocycles. The Kier molecular flexibility index (Phi) is 5.84. The maximum Gasteiger partial charge on any atom is 0.417 e. The third-order valence-electron chi connectivity index (χ3n) is 4.58. The van der Waals surface area contributed by atoms with Crippen LogP contribution in [0.25, 0.3) is 10.8 Å². The van der Waals surface area contributed by atoms with Gasteiger partial charge in [-0.25, -0.2) is 4.98 Å². The number of alkyl halides is 3. The van der Waals surface area contributed by atoms with Crippen molar-refractivity contribution in [3.8, 4) is 5.75 Å². The van der Waals surface area contributed by atoms with E-state index in [0.29, 0.717) is 6.61 Å². The van der Waals surface area contributed by atoms with Gasteiger partial charge in [-0.05, 0) is 64.4 Å². The minimum atomic E-state index is -4.41. The molecule has 0 fully saturated rings. The Morgan fingerprint density at radius 2 is 1.68 bits per heavy atom. The van der Waals surface area contributed by atoms with Crippen molar-refractivity contribution in [3.05, 3.63) is 102 Å². The van der Waals surface area contributed by atoms with Gasteiger partial charge < -0.3 is 4.74 Å². The molecule has 0 aliphatic carbocycles. The number of fused-ring (bicyclic) bond motifs is 1. The number of benzene rings is 3. The minimum absolute atomic E-state index is 0.222. The second-order valence-corrected chi connectivity index (χ2v) is 6.84. The molecule has 0 spiro atoms. The van der Waals surface area contributed by atoms with Gasteiger partial charge in [-0.15, -0.1) is 0 Å². The topological polar surface area (TPSA) is 46.5 Å². The molecule has 4 nitrogen and oxygen atoms in total. The van der Waals surface area contributed by atoms with Gasteiger partial charge in [0.2, 0.25) is 0 Å². The van der Waals surface area contributed by atoms with Gasteiger partial charge in [0.05, 0.1) is 11.8 Å². The smallest absolute Gasteiger partial charge is 0.417 e. The number of nitrogens with one attached hydrogen (secondary N) is 1. The average molecular weight is 421 g/mol. The molecule has 3 aromatic carbocycles. The van der Waals surface area contributed by atoms with Crippen molar-refractivity contribution in [1.82, 2.24) is 4.98 Å². The first kappa shape index (κ1) is 20.4. The minimum Gasteiger partial charge on any atom is -0.489 e. The number of halogens is 3. The van der Waals surface area contributed by atoms with Crippen LogP contribution in [0.15, 0.2) is 90.2 Å². The number of hydrogen-bond acceptors (Lipinski definition) is 4. The highest BCUT2D eigenvalue weighted by Crippen LogP contribution is 2.28. The maximum atomic E-state index is 12.5. The third kappa shape index (κ3) is 5.39. The molecule has 0 aliphatic rings. The van der Waals surface area contributed by atoms with Crippen molar-refractivity contribution in [2.75, 3.05) is 5.43 Å².